The monoisotopic (exact) mass is 474 g/mol. The maximum absolute atomic E-state index is 12.6. The summed E-state index contributed by atoms with van der Waals surface area (Å²) in [5.41, 5.74) is -0.128. The zero-order valence-electron chi connectivity index (χ0n) is 18.1. The van der Waals surface area contributed by atoms with Crippen LogP contribution in [0.25, 0.3) is 22.3 Å². The highest BCUT2D eigenvalue weighted by Crippen LogP contribution is 2.42. The first kappa shape index (κ1) is 23.5. The van der Waals surface area contributed by atoms with E-state index in [0.29, 0.717) is 5.56 Å². The van der Waals surface area contributed by atoms with E-state index in [4.69, 9.17) is 23.4 Å². The van der Waals surface area contributed by atoms with E-state index >= 15 is 0 Å². The van der Waals surface area contributed by atoms with Gasteiger partial charge in [0.2, 0.25) is 12.0 Å². The molecule has 1 fully saturated rings. The number of methoxy groups -OCH3 is 2. The van der Waals surface area contributed by atoms with Crippen LogP contribution in [0, 0.1) is 0 Å². The number of fused-ring (bicyclic) bond motifs is 1. The van der Waals surface area contributed by atoms with Crippen LogP contribution in [0.4, 0.5) is 0 Å². The standard InChI is InChI=1S/C23H22O11/c1-30-19-18(27)23(34-21(22(28)29)20(19)31-2)33-14-9-13-15(17(26)16(14)25)11(24)8-12(32-13)10-6-4-3-5-7-10/h3-9,18-21,23,25-27H,1-2H3,(H,28,29). The Bertz CT molecular complexity index is 1250. The van der Waals surface area contributed by atoms with Gasteiger partial charge in [0.15, 0.2) is 23.0 Å². The maximum Gasteiger partial charge on any atom is 0.335 e. The van der Waals surface area contributed by atoms with Crippen LogP contribution in [0.15, 0.2) is 51.7 Å². The molecular formula is C23H22O11. The summed E-state index contributed by atoms with van der Waals surface area (Å²) in [6.07, 6.45) is -7.04. The molecular weight excluding hydrogens is 452 g/mol. The molecule has 1 aliphatic rings. The molecule has 0 aliphatic carbocycles. The largest absolute Gasteiger partial charge is 0.504 e. The molecule has 5 atom stereocenters. The van der Waals surface area contributed by atoms with Crippen LogP contribution in [0.2, 0.25) is 0 Å². The zero-order chi connectivity index (χ0) is 24.6. The van der Waals surface area contributed by atoms with Gasteiger partial charge >= 0.3 is 5.97 Å². The molecule has 1 saturated heterocycles. The van der Waals surface area contributed by atoms with Gasteiger partial charge in [-0.3, -0.25) is 4.79 Å². The number of phenolic OH excluding ortho intramolecular Hbond substituents is 2. The van der Waals surface area contributed by atoms with E-state index in [2.05, 4.69) is 0 Å². The van der Waals surface area contributed by atoms with Gasteiger partial charge in [-0.2, -0.15) is 0 Å². The molecule has 0 spiro atoms. The molecule has 2 aromatic carbocycles. The second-order valence-corrected chi connectivity index (χ2v) is 7.56. The smallest absolute Gasteiger partial charge is 0.335 e. The predicted molar refractivity (Wildman–Crippen MR) is 116 cm³/mol. The Morgan fingerprint density at radius 3 is 2.29 bits per heavy atom. The number of carbonyl (C=O) groups is 1. The third-order valence-corrected chi connectivity index (χ3v) is 5.54. The molecule has 0 bridgehead atoms. The molecule has 0 amide bonds. The first-order valence-electron chi connectivity index (χ1n) is 10.1. The Hall–Kier alpha value is -3.64. The lowest BCUT2D eigenvalue weighted by molar-refractivity contribution is -0.279. The summed E-state index contributed by atoms with van der Waals surface area (Å²) in [6, 6.07) is 11.0. The number of hydrogen-bond donors (Lipinski definition) is 4. The van der Waals surface area contributed by atoms with Gasteiger partial charge in [0.1, 0.15) is 35.0 Å². The third-order valence-electron chi connectivity index (χ3n) is 5.54. The van der Waals surface area contributed by atoms with Gasteiger partial charge in [0, 0.05) is 31.9 Å². The highest BCUT2D eigenvalue weighted by atomic mass is 16.7. The number of ether oxygens (including phenoxy) is 4. The lowest BCUT2D eigenvalue weighted by Gasteiger charge is -2.41. The highest BCUT2D eigenvalue weighted by molar-refractivity contribution is 5.89. The van der Waals surface area contributed by atoms with E-state index in [9.17, 15) is 30.0 Å². The Morgan fingerprint density at radius 2 is 1.68 bits per heavy atom. The fraction of sp³-hybridized carbons (Fsp3) is 0.304. The van der Waals surface area contributed by atoms with Gasteiger partial charge in [-0.1, -0.05) is 30.3 Å². The first-order chi connectivity index (χ1) is 16.3. The van der Waals surface area contributed by atoms with Crippen molar-refractivity contribution in [3.8, 4) is 28.6 Å². The molecule has 11 heteroatoms. The van der Waals surface area contributed by atoms with Gasteiger partial charge in [0.05, 0.1) is 0 Å². The van der Waals surface area contributed by atoms with Crippen molar-refractivity contribution in [1.29, 1.82) is 0 Å². The number of aliphatic carboxylic acids is 1. The van der Waals surface area contributed by atoms with Crippen LogP contribution in [0.1, 0.15) is 0 Å². The fourth-order valence-corrected chi connectivity index (χ4v) is 3.88. The van der Waals surface area contributed by atoms with Crippen molar-refractivity contribution in [3.05, 3.63) is 52.7 Å². The lowest BCUT2D eigenvalue weighted by atomic mass is 9.98. The minimum Gasteiger partial charge on any atom is -0.504 e. The van der Waals surface area contributed by atoms with Gasteiger partial charge in [-0.15, -0.1) is 0 Å². The normalized spacial score (nSPS) is 24.7. The minimum atomic E-state index is -1.63. The number of benzene rings is 2. The molecule has 3 aromatic rings. The number of phenols is 2. The quantitative estimate of drug-likeness (QED) is 0.382. The van der Waals surface area contributed by atoms with E-state index < -0.39 is 59.4 Å². The third kappa shape index (κ3) is 4.05. The van der Waals surface area contributed by atoms with Crippen LogP contribution >= 0.6 is 0 Å². The summed E-state index contributed by atoms with van der Waals surface area (Å²) in [5, 5.41) is 40.8. The Kier molecular flexibility index (Phi) is 6.44. The summed E-state index contributed by atoms with van der Waals surface area (Å²) < 4.78 is 27.0. The molecule has 34 heavy (non-hydrogen) atoms. The Morgan fingerprint density at radius 1 is 1.00 bits per heavy atom. The lowest BCUT2D eigenvalue weighted by Crippen LogP contribution is -2.62. The molecule has 2 heterocycles. The molecule has 0 saturated carbocycles. The average Bonchev–Trinajstić information content (AvgIpc) is 2.83. The van der Waals surface area contributed by atoms with Crippen molar-refractivity contribution in [2.24, 2.45) is 0 Å². The van der Waals surface area contributed by atoms with Crippen molar-refractivity contribution >= 4 is 16.9 Å². The number of aromatic hydroxyl groups is 2. The summed E-state index contributed by atoms with van der Waals surface area (Å²) in [4.78, 5) is 24.3. The van der Waals surface area contributed by atoms with Gasteiger partial charge in [0.25, 0.3) is 0 Å². The molecule has 4 N–H and O–H groups in total. The fourth-order valence-electron chi connectivity index (χ4n) is 3.88. The molecule has 4 rings (SSSR count). The number of aliphatic hydroxyl groups excluding tert-OH is 1. The van der Waals surface area contributed by atoms with Crippen LogP contribution in [-0.4, -0.2) is 71.3 Å². The van der Waals surface area contributed by atoms with Crippen molar-refractivity contribution in [2.75, 3.05) is 14.2 Å². The van der Waals surface area contributed by atoms with E-state index in [0.717, 1.165) is 6.07 Å². The summed E-state index contributed by atoms with van der Waals surface area (Å²) in [7, 11) is 2.49. The van der Waals surface area contributed by atoms with Crippen LogP contribution < -0.4 is 10.2 Å². The van der Waals surface area contributed by atoms with Crippen LogP contribution in [0.5, 0.6) is 17.2 Å². The summed E-state index contributed by atoms with van der Waals surface area (Å²) >= 11 is 0. The summed E-state index contributed by atoms with van der Waals surface area (Å²) in [6.45, 7) is 0. The molecule has 180 valence electrons. The first-order valence-corrected chi connectivity index (χ1v) is 10.1. The van der Waals surface area contributed by atoms with E-state index in [-0.39, 0.29) is 16.7 Å². The van der Waals surface area contributed by atoms with Crippen molar-refractivity contribution in [1.82, 2.24) is 0 Å². The van der Waals surface area contributed by atoms with Gasteiger partial charge in [-0.05, 0) is 0 Å². The van der Waals surface area contributed by atoms with Crippen molar-refractivity contribution < 1.29 is 48.6 Å². The van der Waals surface area contributed by atoms with Gasteiger partial charge < -0.3 is 43.8 Å². The van der Waals surface area contributed by atoms with E-state index in [1.807, 2.05) is 0 Å². The van der Waals surface area contributed by atoms with E-state index in [1.165, 1.54) is 20.3 Å². The number of aliphatic hydroxyl groups is 1. The molecule has 1 aliphatic heterocycles. The SMILES string of the molecule is COC1C(C(=O)O)OC(Oc2cc3oc(-c4ccccc4)cc(=O)c3c(O)c2O)C(O)C1OC. The molecule has 1 aromatic heterocycles. The highest BCUT2D eigenvalue weighted by Gasteiger charge is 2.50. The average molecular weight is 474 g/mol. The second-order valence-electron chi connectivity index (χ2n) is 7.56. The van der Waals surface area contributed by atoms with Crippen LogP contribution in [0.3, 0.4) is 0 Å². The zero-order valence-corrected chi connectivity index (χ0v) is 18.1. The number of hydrogen-bond acceptors (Lipinski definition) is 10. The number of carboxylic acids is 1. The number of rotatable bonds is 6. The maximum atomic E-state index is 12.6. The second kappa shape index (κ2) is 9.31. The van der Waals surface area contributed by atoms with Crippen LogP contribution in [-0.2, 0) is 19.0 Å². The van der Waals surface area contributed by atoms with Crippen molar-refractivity contribution in [2.45, 2.75) is 30.7 Å². The Labute approximate surface area is 192 Å². The summed E-state index contributed by atoms with van der Waals surface area (Å²) in [5.74, 6) is -3.23. The molecule has 5 unspecified atom stereocenters. The van der Waals surface area contributed by atoms with Crippen molar-refractivity contribution in [3.63, 3.8) is 0 Å². The number of carboxylic acid groups (broad SMARTS) is 1. The topological polar surface area (TPSA) is 165 Å². The van der Waals surface area contributed by atoms with Gasteiger partial charge in [-0.25, -0.2) is 4.79 Å². The Balaban J connectivity index is 1.76. The molecule has 0 radical (unpaired) electrons. The predicted octanol–water partition coefficient (Wildman–Crippen LogP) is 1.45. The minimum absolute atomic E-state index is 0.116. The van der Waals surface area contributed by atoms with E-state index in [1.54, 1.807) is 30.3 Å². The molecule has 11 nitrogen and oxygen atoms in total.